The molecule has 2 saturated heterocycles. The van der Waals surface area contributed by atoms with Gasteiger partial charge in [-0.3, -0.25) is 14.6 Å². The maximum absolute atomic E-state index is 13.0. The third-order valence-electron chi connectivity index (χ3n) is 5.55. The summed E-state index contributed by atoms with van der Waals surface area (Å²) in [6.07, 6.45) is 3.37. The Hall–Kier alpha value is -1.44. The predicted molar refractivity (Wildman–Crippen MR) is 95.4 cm³/mol. The lowest BCUT2D eigenvalue weighted by Gasteiger charge is -2.16. The van der Waals surface area contributed by atoms with Crippen LogP contribution in [0, 0.1) is 18.8 Å². The quantitative estimate of drug-likeness (QED) is 0.699. The molecule has 5 rings (SSSR count). The molecule has 25 heavy (non-hydrogen) atoms. The number of hydrogen-bond acceptors (Lipinski definition) is 6. The van der Waals surface area contributed by atoms with Crippen LogP contribution in [0.5, 0.6) is 0 Å². The molecule has 0 spiro atoms. The van der Waals surface area contributed by atoms with Gasteiger partial charge in [0.2, 0.25) is 0 Å². The van der Waals surface area contributed by atoms with Crippen molar-refractivity contribution in [3.8, 4) is 10.7 Å². The molecule has 0 aromatic carbocycles. The fourth-order valence-corrected chi connectivity index (χ4v) is 5.64. The average Bonchev–Trinajstić information content (AvgIpc) is 3.33. The maximum atomic E-state index is 13.0. The van der Waals surface area contributed by atoms with E-state index in [1.807, 2.05) is 19.1 Å². The zero-order valence-corrected chi connectivity index (χ0v) is 15.8. The Morgan fingerprint density at radius 1 is 1.16 bits per heavy atom. The summed E-state index contributed by atoms with van der Waals surface area (Å²) in [6, 6.07) is 3.79. The van der Waals surface area contributed by atoms with Crippen molar-refractivity contribution in [1.29, 1.82) is 0 Å². The third kappa shape index (κ3) is 2.22. The van der Waals surface area contributed by atoms with Crippen LogP contribution < -0.4 is 0 Å². The average molecular weight is 419 g/mol. The fraction of sp³-hybridized carbons (Fsp3) is 0.444. The van der Waals surface area contributed by atoms with Crippen LogP contribution in [-0.2, 0) is 14.3 Å². The lowest BCUT2D eigenvalue weighted by Crippen LogP contribution is -2.29. The summed E-state index contributed by atoms with van der Waals surface area (Å²) in [5, 5.41) is 0.747. The van der Waals surface area contributed by atoms with Crippen LogP contribution in [0.15, 0.2) is 22.8 Å². The number of aromatic nitrogens is 2. The number of Topliss-reactive ketones (excluding diaryl/α,β-unsaturated/α-hetero) is 2. The molecule has 0 amide bonds. The number of ketones is 2. The van der Waals surface area contributed by atoms with E-state index in [1.54, 1.807) is 6.20 Å². The zero-order chi connectivity index (χ0) is 17.3. The fourth-order valence-electron chi connectivity index (χ4n) is 4.48. The predicted octanol–water partition coefficient (Wildman–Crippen LogP) is 3.31. The number of rotatable bonds is 2. The molecule has 5 atom stereocenters. The first-order chi connectivity index (χ1) is 12.0. The topological polar surface area (TPSA) is 69.2 Å². The summed E-state index contributed by atoms with van der Waals surface area (Å²) in [7, 11) is 0. The molecular weight excluding hydrogens is 404 g/mol. The summed E-state index contributed by atoms with van der Waals surface area (Å²) >= 11 is 4.86. The summed E-state index contributed by atoms with van der Waals surface area (Å²) in [6.45, 7) is 1.93. The van der Waals surface area contributed by atoms with Crippen LogP contribution >= 0.6 is 27.3 Å². The van der Waals surface area contributed by atoms with Gasteiger partial charge in [-0.2, -0.15) is 0 Å². The van der Waals surface area contributed by atoms with E-state index in [4.69, 9.17) is 4.74 Å². The standard InChI is InChI=1S/C18H15BrN2O3S/c1-7-15(21-18(25-7)9-3-2-8(19)6-20-9)14-16(22)12-10-4-5-11(24-10)13(12)17(14)23/h2-3,6,10-14H,4-5H2,1H3/t10-,11+,12+,13-,14?. The summed E-state index contributed by atoms with van der Waals surface area (Å²) in [5.74, 6) is -1.22. The summed E-state index contributed by atoms with van der Waals surface area (Å²) in [4.78, 5) is 35.9. The molecule has 2 aliphatic heterocycles. The minimum atomic E-state index is -0.720. The number of carbonyl (C=O) groups excluding carboxylic acids is 2. The molecule has 5 nitrogen and oxygen atoms in total. The van der Waals surface area contributed by atoms with Crippen LogP contribution in [0.1, 0.15) is 29.3 Å². The summed E-state index contributed by atoms with van der Waals surface area (Å²) in [5.41, 5.74) is 1.37. The van der Waals surface area contributed by atoms with Crippen LogP contribution in [0.3, 0.4) is 0 Å². The molecule has 3 fully saturated rings. The van der Waals surface area contributed by atoms with Gasteiger partial charge in [-0.25, -0.2) is 4.98 Å². The third-order valence-corrected chi connectivity index (χ3v) is 7.03. The van der Waals surface area contributed by atoms with Crippen molar-refractivity contribution in [2.45, 2.75) is 37.9 Å². The van der Waals surface area contributed by atoms with E-state index < -0.39 is 5.92 Å². The van der Waals surface area contributed by atoms with Crippen LogP contribution in [0.2, 0.25) is 0 Å². The number of aryl methyl sites for hydroxylation is 1. The highest BCUT2D eigenvalue weighted by Gasteiger charge is 2.63. The molecule has 1 aliphatic carbocycles. The van der Waals surface area contributed by atoms with Gasteiger partial charge in [0.25, 0.3) is 0 Å². The Morgan fingerprint density at radius 3 is 2.44 bits per heavy atom. The van der Waals surface area contributed by atoms with Crippen molar-refractivity contribution in [3.05, 3.63) is 33.4 Å². The Morgan fingerprint density at radius 2 is 1.84 bits per heavy atom. The van der Waals surface area contributed by atoms with E-state index >= 15 is 0 Å². The Kier molecular flexibility index (Phi) is 3.49. The minimum absolute atomic E-state index is 0.00548. The van der Waals surface area contributed by atoms with Crippen molar-refractivity contribution in [2.24, 2.45) is 11.8 Å². The lowest BCUT2D eigenvalue weighted by atomic mass is 9.81. The molecule has 0 radical (unpaired) electrons. The lowest BCUT2D eigenvalue weighted by molar-refractivity contribution is -0.127. The Labute approximate surface area is 157 Å². The van der Waals surface area contributed by atoms with Crippen molar-refractivity contribution in [2.75, 3.05) is 0 Å². The highest BCUT2D eigenvalue weighted by Crippen LogP contribution is 2.52. The van der Waals surface area contributed by atoms with Crippen molar-refractivity contribution in [1.82, 2.24) is 9.97 Å². The number of nitrogens with zero attached hydrogens (tertiary/aromatic N) is 2. The molecule has 2 aromatic rings. The van der Waals surface area contributed by atoms with Crippen LogP contribution in [0.4, 0.5) is 0 Å². The van der Waals surface area contributed by atoms with Gasteiger partial charge in [0.1, 0.15) is 10.9 Å². The van der Waals surface area contributed by atoms with Gasteiger partial charge in [0, 0.05) is 15.5 Å². The highest BCUT2D eigenvalue weighted by atomic mass is 79.9. The number of fused-ring (bicyclic) bond motifs is 5. The molecule has 128 valence electrons. The number of halogens is 1. The molecule has 2 aromatic heterocycles. The van der Waals surface area contributed by atoms with Crippen molar-refractivity contribution < 1.29 is 14.3 Å². The molecule has 0 N–H and O–H groups in total. The van der Waals surface area contributed by atoms with Gasteiger partial charge >= 0.3 is 0 Å². The van der Waals surface area contributed by atoms with Gasteiger partial charge in [-0.05, 0) is 47.8 Å². The van der Waals surface area contributed by atoms with E-state index in [1.165, 1.54) is 11.3 Å². The molecule has 3 aliphatic rings. The van der Waals surface area contributed by atoms with E-state index in [-0.39, 0.29) is 35.6 Å². The molecule has 2 bridgehead atoms. The van der Waals surface area contributed by atoms with Gasteiger partial charge in [-0.15, -0.1) is 11.3 Å². The zero-order valence-electron chi connectivity index (χ0n) is 13.4. The number of carbonyl (C=O) groups is 2. The number of pyridine rings is 1. The Bertz CT molecular complexity index is 866. The van der Waals surface area contributed by atoms with E-state index in [9.17, 15) is 9.59 Å². The monoisotopic (exact) mass is 418 g/mol. The number of hydrogen-bond donors (Lipinski definition) is 0. The van der Waals surface area contributed by atoms with Crippen molar-refractivity contribution in [3.63, 3.8) is 0 Å². The molecule has 7 heteroatoms. The second-order valence-electron chi connectivity index (χ2n) is 6.90. The van der Waals surface area contributed by atoms with Gasteiger partial charge in [0.15, 0.2) is 11.6 Å². The molecule has 1 saturated carbocycles. The maximum Gasteiger partial charge on any atom is 0.155 e. The van der Waals surface area contributed by atoms with E-state index in [2.05, 4.69) is 25.9 Å². The highest BCUT2D eigenvalue weighted by molar-refractivity contribution is 9.10. The SMILES string of the molecule is Cc1sc(-c2ccc(Br)cn2)nc1C1C(=O)[C@@H]2[C@H](C1=O)[C@@H]1CC[C@H]2O1. The minimum Gasteiger partial charge on any atom is -0.373 e. The second-order valence-corrected chi connectivity index (χ2v) is 9.02. The van der Waals surface area contributed by atoms with Crippen LogP contribution in [0.25, 0.3) is 10.7 Å². The van der Waals surface area contributed by atoms with E-state index in [0.717, 1.165) is 32.9 Å². The molecule has 1 unspecified atom stereocenters. The Balaban J connectivity index is 1.53. The number of thiazole rings is 1. The first-order valence-corrected chi connectivity index (χ1v) is 9.97. The largest absolute Gasteiger partial charge is 0.373 e. The molecule has 4 heterocycles. The van der Waals surface area contributed by atoms with Gasteiger partial charge in [-0.1, -0.05) is 0 Å². The van der Waals surface area contributed by atoms with Gasteiger partial charge in [0.05, 0.1) is 35.4 Å². The second kappa shape index (κ2) is 5.53. The first kappa shape index (κ1) is 15.8. The first-order valence-electron chi connectivity index (χ1n) is 8.37. The summed E-state index contributed by atoms with van der Waals surface area (Å²) < 4.78 is 6.70. The van der Waals surface area contributed by atoms with Gasteiger partial charge < -0.3 is 4.74 Å². The molecular formula is C18H15BrN2O3S. The smallest absolute Gasteiger partial charge is 0.155 e. The normalized spacial score (nSPS) is 33.3. The van der Waals surface area contributed by atoms with Crippen LogP contribution in [-0.4, -0.2) is 33.7 Å². The van der Waals surface area contributed by atoms with Crippen molar-refractivity contribution >= 4 is 38.8 Å². The number of ether oxygens (including phenoxy) is 1. The van der Waals surface area contributed by atoms with E-state index in [0.29, 0.717) is 5.69 Å².